The quantitative estimate of drug-likeness (QED) is 0.450. The van der Waals surface area contributed by atoms with Crippen molar-refractivity contribution in [3.8, 4) is 0 Å². The molecular formula is C19H24N6O3S2. The number of imidazole rings is 1. The van der Waals surface area contributed by atoms with Crippen molar-refractivity contribution in [3.05, 3.63) is 35.8 Å². The van der Waals surface area contributed by atoms with Gasteiger partial charge in [0.25, 0.3) is 0 Å². The van der Waals surface area contributed by atoms with E-state index in [2.05, 4.69) is 14.5 Å². The van der Waals surface area contributed by atoms with Crippen LogP contribution in [-0.4, -0.2) is 58.5 Å². The van der Waals surface area contributed by atoms with Crippen molar-refractivity contribution >= 4 is 38.6 Å². The van der Waals surface area contributed by atoms with Gasteiger partial charge in [-0.05, 0) is 32.0 Å². The smallest absolute Gasteiger partial charge is 0.243 e. The molecule has 2 aromatic heterocycles. The molecular weight excluding hydrogens is 424 g/mol. The van der Waals surface area contributed by atoms with Crippen LogP contribution < -0.4 is 5.73 Å². The first-order valence-electron chi connectivity index (χ1n) is 9.69. The second kappa shape index (κ2) is 8.50. The molecule has 1 fully saturated rings. The molecule has 4 rings (SSSR count). The molecule has 0 saturated carbocycles. The van der Waals surface area contributed by atoms with Crippen molar-refractivity contribution in [2.45, 2.75) is 36.2 Å². The number of fused-ring (bicyclic) bond motifs is 1. The predicted octanol–water partition coefficient (Wildman–Crippen LogP) is 2.05. The number of sulfonamides is 1. The first-order valence-corrected chi connectivity index (χ1v) is 12.1. The number of hydrogen-bond donors (Lipinski definition) is 1. The number of aromatic nitrogens is 4. The Morgan fingerprint density at radius 2 is 1.93 bits per heavy atom. The lowest BCUT2D eigenvalue weighted by Crippen LogP contribution is -2.40. The Hall–Kier alpha value is -2.21. The average Bonchev–Trinajstić information content (AvgIpc) is 3.09. The summed E-state index contributed by atoms with van der Waals surface area (Å²) in [4.78, 5) is 13.6. The van der Waals surface area contributed by atoms with Crippen LogP contribution in [0.15, 0.2) is 34.3 Å². The fraction of sp³-hybridized carbons (Fsp3) is 0.421. The van der Waals surface area contributed by atoms with Gasteiger partial charge in [-0.1, -0.05) is 11.8 Å². The van der Waals surface area contributed by atoms with Gasteiger partial charge in [0.2, 0.25) is 10.0 Å². The normalized spacial score (nSPS) is 15.7. The molecule has 0 aliphatic carbocycles. The Labute approximate surface area is 179 Å². The van der Waals surface area contributed by atoms with Crippen LogP contribution in [0.1, 0.15) is 18.4 Å². The minimum absolute atomic E-state index is 0.256. The average molecular weight is 449 g/mol. The molecule has 160 valence electrons. The number of nitrogen functional groups attached to an aromatic ring is 1. The number of nitrogens with zero attached hydrogens (tertiary/aromatic N) is 5. The zero-order valence-electron chi connectivity index (χ0n) is 16.9. The van der Waals surface area contributed by atoms with Crippen molar-refractivity contribution in [2.24, 2.45) is 0 Å². The van der Waals surface area contributed by atoms with Gasteiger partial charge in [0.15, 0.2) is 5.16 Å². The van der Waals surface area contributed by atoms with E-state index in [4.69, 9.17) is 15.5 Å². The third-order valence-corrected chi connectivity index (χ3v) is 7.64. The molecule has 1 aliphatic heterocycles. The molecule has 30 heavy (non-hydrogen) atoms. The van der Waals surface area contributed by atoms with Gasteiger partial charge in [-0.15, -0.1) is 0 Å². The molecule has 0 unspecified atom stereocenters. The summed E-state index contributed by atoms with van der Waals surface area (Å²) < 4.78 is 34.7. The molecule has 3 aromatic rings. The largest absolute Gasteiger partial charge is 0.384 e. The number of ether oxygens (including phenoxy) is 1. The molecule has 9 nitrogen and oxygen atoms in total. The molecule has 0 bridgehead atoms. The summed E-state index contributed by atoms with van der Waals surface area (Å²) in [7, 11) is -3.56. The highest BCUT2D eigenvalue weighted by Gasteiger charge is 2.27. The molecule has 0 spiro atoms. The Morgan fingerprint density at radius 3 is 2.63 bits per heavy atom. The highest BCUT2D eigenvalue weighted by atomic mass is 32.2. The van der Waals surface area contributed by atoms with Gasteiger partial charge in [-0.25, -0.2) is 23.4 Å². The van der Waals surface area contributed by atoms with Crippen molar-refractivity contribution in [2.75, 3.05) is 32.0 Å². The Bertz CT molecular complexity index is 1150. The monoisotopic (exact) mass is 448 g/mol. The Balaban J connectivity index is 1.63. The van der Waals surface area contributed by atoms with E-state index >= 15 is 0 Å². The number of anilines is 1. The number of morpholine rings is 1. The van der Waals surface area contributed by atoms with Gasteiger partial charge in [0.1, 0.15) is 11.6 Å². The summed E-state index contributed by atoms with van der Waals surface area (Å²) in [6, 6.07) is 6.86. The molecule has 3 heterocycles. The van der Waals surface area contributed by atoms with Crippen molar-refractivity contribution in [3.63, 3.8) is 0 Å². The summed E-state index contributed by atoms with van der Waals surface area (Å²) in [5.41, 5.74) is 8.18. The van der Waals surface area contributed by atoms with Crippen LogP contribution in [0, 0.1) is 6.92 Å². The fourth-order valence-electron chi connectivity index (χ4n) is 3.48. The lowest BCUT2D eigenvalue weighted by atomic mass is 10.3. The third-order valence-electron chi connectivity index (χ3n) is 4.91. The summed E-state index contributed by atoms with van der Waals surface area (Å²) in [6.07, 6.45) is 0. The maximum absolute atomic E-state index is 13.0. The molecule has 2 N–H and O–H groups in total. The van der Waals surface area contributed by atoms with Crippen molar-refractivity contribution in [1.82, 2.24) is 23.8 Å². The summed E-state index contributed by atoms with van der Waals surface area (Å²) >= 11 is 1.45. The van der Waals surface area contributed by atoms with Crippen molar-refractivity contribution in [1.29, 1.82) is 0 Å². The molecule has 1 aliphatic rings. The number of rotatable bonds is 6. The van der Waals surface area contributed by atoms with Crippen LogP contribution in [0.5, 0.6) is 0 Å². The Kier molecular flexibility index (Phi) is 5.96. The predicted molar refractivity (Wildman–Crippen MR) is 116 cm³/mol. The lowest BCUT2D eigenvalue weighted by molar-refractivity contribution is 0.0730. The second-order valence-corrected chi connectivity index (χ2v) is 9.83. The maximum atomic E-state index is 13.0. The fourth-order valence-corrected chi connectivity index (χ4v) is 5.76. The van der Waals surface area contributed by atoms with E-state index in [0.29, 0.717) is 48.5 Å². The number of benzene rings is 1. The first-order chi connectivity index (χ1) is 14.4. The van der Waals surface area contributed by atoms with Crippen LogP contribution in [-0.2, 0) is 27.1 Å². The topological polar surface area (TPSA) is 116 Å². The molecule has 11 heteroatoms. The third kappa shape index (κ3) is 4.15. The summed E-state index contributed by atoms with van der Waals surface area (Å²) in [6.45, 7) is 6.20. The van der Waals surface area contributed by atoms with Gasteiger partial charge in [-0.3, -0.25) is 0 Å². The van der Waals surface area contributed by atoms with E-state index in [1.807, 2.05) is 19.9 Å². The van der Waals surface area contributed by atoms with Gasteiger partial charge in [0, 0.05) is 31.4 Å². The van der Waals surface area contributed by atoms with Crippen LogP contribution >= 0.6 is 11.8 Å². The molecule has 1 saturated heterocycles. The van der Waals surface area contributed by atoms with Crippen LogP contribution in [0.25, 0.3) is 11.0 Å². The van der Waals surface area contributed by atoms with Gasteiger partial charge < -0.3 is 15.0 Å². The molecule has 0 radical (unpaired) electrons. The first kappa shape index (κ1) is 21.0. The molecule has 1 aromatic carbocycles. The number of hydrogen-bond acceptors (Lipinski definition) is 8. The van der Waals surface area contributed by atoms with E-state index in [9.17, 15) is 8.42 Å². The van der Waals surface area contributed by atoms with E-state index in [1.165, 1.54) is 16.1 Å². The highest BCUT2D eigenvalue weighted by molar-refractivity contribution is 7.98. The van der Waals surface area contributed by atoms with Gasteiger partial charge >= 0.3 is 0 Å². The number of thioether (sulfide) groups is 1. The van der Waals surface area contributed by atoms with Gasteiger partial charge in [-0.2, -0.15) is 4.31 Å². The summed E-state index contributed by atoms with van der Waals surface area (Å²) in [5.74, 6) is 1.82. The van der Waals surface area contributed by atoms with E-state index < -0.39 is 10.0 Å². The number of nitrogens with two attached hydrogens (primary N) is 1. The maximum Gasteiger partial charge on any atom is 0.243 e. The zero-order chi connectivity index (χ0) is 21.3. The SMILES string of the molecule is CCn1c(CSc2nc(C)cc(N)n2)nc2cc(S(=O)(=O)N3CCOCC3)ccc21. The lowest BCUT2D eigenvalue weighted by Gasteiger charge is -2.26. The van der Waals surface area contributed by atoms with E-state index in [-0.39, 0.29) is 4.90 Å². The van der Waals surface area contributed by atoms with E-state index in [0.717, 1.165) is 23.6 Å². The standard InChI is InChI=1S/C19H24N6O3S2/c1-3-25-16-5-4-14(30(26,27)24-6-8-28-9-7-24)11-15(16)22-18(25)12-29-19-21-13(2)10-17(20)23-19/h4-5,10-11H,3,6-9,12H2,1-2H3,(H2,20,21,23). The van der Waals surface area contributed by atoms with Crippen LogP contribution in [0.3, 0.4) is 0 Å². The van der Waals surface area contributed by atoms with Crippen molar-refractivity contribution < 1.29 is 13.2 Å². The van der Waals surface area contributed by atoms with Crippen LogP contribution in [0.2, 0.25) is 0 Å². The summed E-state index contributed by atoms with van der Waals surface area (Å²) in [5, 5.41) is 0.595. The highest BCUT2D eigenvalue weighted by Crippen LogP contribution is 2.26. The van der Waals surface area contributed by atoms with E-state index in [1.54, 1.807) is 18.2 Å². The zero-order valence-corrected chi connectivity index (χ0v) is 18.5. The Morgan fingerprint density at radius 1 is 1.17 bits per heavy atom. The number of aryl methyl sites for hydroxylation is 2. The minimum atomic E-state index is -3.56. The minimum Gasteiger partial charge on any atom is -0.384 e. The molecule has 0 amide bonds. The second-order valence-electron chi connectivity index (χ2n) is 6.94. The van der Waals surface area contributed by atoms with Gasteiger partial charge in [0.05, 0.1) is 34.9 Å². The molecule has 0 atom stereocenters. The van der Waals surface area contributed by atoms with Crippen LogP contribution in [0.4, 0.5) is 5.82 Å².